The van der Waals surface area contributed by atoms with E-state index in [1.807, 2.05) is 43.0 Å². The number of thiol groups is 1. The fraction of sp³-hybridized carbons (Fsp3) is 0.364. The van der Waals surface area contributed by atoms with Crippen LogP contribution in [0, 0.1) is 0 Å². The number of carboxylic acid groups (broad SMARTS) is 1. The molecule has 0 spiro atoms. The molecule has 0 fully saturated rings. The molecule has 2 atom stereocenters. The summed E-state index contributed by atoms with van der Waals surface area (Å²) in [4.78, 5) is 24.9. The van der Waals surface area contributed by atoms with Crippen molar-refractivity contribution in [3.05, 3.63) is 54.1 Å². The van der Waals surface area contributed by atoms with Gasteiger partial charge in [0.05, 0.1) is 18.3 Å². The van der Waals surface area contributed by atoms with Crippen molar-refractivity contribution in [2.45, 2.75) is 38.8 Å². The van der Waals surface area contributed by atoms with Crippen molar-refractivity contribution in [2.75, 3.05) is 27.6 Å². The standard InChI is InChI=1S/C22H28N4O5S/c1-3-21(27)26-15(2)14-19(18-6-4-5-7-20(18)26)24-16-8-10-17(11-9-16)25(32(30)31)13-12-23-22(28)29/h4-11,15,19,23-24,32H,3,12-14H2,1-2H3,(H,28,29)/t15-,19+/m0/s1. The van der Waals surface area contributed by atoms with Gasteiger partial charge in [-0.3, -0.25) is 9.10 Å². The zero-order valence-electron chi connectivity index (χ0n) is 18.0. The lowest BCUT2D eigenvalue weighted by Crippen LogP contribution is -2.44. The minimum Gasteiger partial charge on any atom is -0.465 e. The molecule has 0 radical (unpaired) electrons. The summed E-state index contributed by atoms with van der Waals surface area (Å²) in [6.45, 7) is 3.89. The van der Waals surface area contributed by atoms with Crippen molar-refractivity contribution in [3.8, 4) is 0 Å². The molecule has 0 saturated carbocycles. The molecule has 32 heavy (non-hydrogen) atoms. The number of benzene rings is 2. The molecule has 3 rings (SSSR count). The zero-order chi connectivity index (χ0) is 23.3. The summed E-state index contributed by atoms with van der Waals surface area (Å²) in [5.74, 6) is 0.0944. The fourth-order valence-electron chi connectivity index (χ4n) is 4.00. The third-order valence-electron chi connectivity index (χ3n) is 5.46. The minimum absolute atomic E-state index is 0.0000313. The molecule has 1 aliphatic rings. The highest BCUT2D eigenvalue weighted by Gasteiger charge is 2.32. The quantitative estimate of drug-likeness (QED) is 0.450. The normalized spacial score (nSPS) is 17.5. The number of carbonyl (C=O) groups excluding carboxylic acids is 1. The van der Waals surface area contributed by atoms with E-state index in [1.165, 1.54) is 0 Å². The molecular weight excluding hydrogens is 432 g/mol. The molecule has 2 amide bonds. The molecule has 10 heteroatoms. The number of rotatable bonds is 8. The second-order valence-electron chi connectivity index (χ2n) is 7.60. The topological polar surface area (TPSA) is 119 Å². The number of carbonyl (C=O) groups is 2. The van der Waals surface area contributed by atoms with Crippen molar-refractivity contribution in [2.24, 2.45) is 0 Å². The molecule has 1 aliphatic heterocycles. The van der Waals surface area contributed by atoms with E-state index in [0.29, 0.717) is 12.1 Å². The Labute approximate surface area is 189 Å². The highest BCUT2D eigenvalue weighted by Crippen LogP contribution is 2.39. The van der Waals surface area contributed by atoms with Crippen LogP contribution in [0.25, 0.3) is 0 Å². The molecule has 172 valence electrons. The van der Waals surface area contributed by atoms with Gasteiger partial charge in [-0.25, -0.2) is 13.2 Å². The molecule has 9 nitrogen and oxygen atoms in total. The van der Waals surface area contributed by atoms with E-state index in [1.54, 1.807) is 24.3 Å². The lowest BCUT2D eigenvalue weighted by molar-refractivity contribution is -0.118. The molecule has 2 aromatic rings. The summed E-state index contributed by atoms with van der Waals surface area (Å²) in [6, 6.07) is 14.8. The number of nitrogens with one attached hydrogen (secondary N) is 2. The van der Waals surface area contributed by atoms with Gasteiger partial charge >= 0.3 is 6.09 Å². The number of anilines is 3. The number of nitrogens with zero attached hydrogens (tertiary/aromatic N) is 2. The summed E-state index contributed by atoms with van der Waals surface area (Å²) in [6.07, 6.45) is -0.0189. The van der Waals surface area contributed by atoms with Crippen LogP contribution in [0.15, 0.2) is 48.5 Å². The van der Waals surface area contributed by atoms with Crippen LogP contribution in [-0.4, -0.2) is 44.7 Å². The van der Waals surface area contributed by atoms with Gasteiger partial charge in [0.1, 0.15) is 0 Å². The van der Waals surface area contributed by atoms with E-state index >= 15 is 0 Å². The Bertz CT molecular complexity index is 1030. The summed E-state index contributed by atoms with van der Waals surface area (Å²) < 4.78 is 24.3. The summed E-state index contributed by atoms with van der Waals surface area (Å²) in [5, 5.41) is 14.3. The van der Waals surface area contributed by atoms with Crippen LogP contribution in [0.2, 0.25) is 0 Å². The minimum atomic E-state index is -2.91. The molecule has 0 saturated heterocycles. The average molecular weight is 461 g/mol. The van der Waals surface area contributed by atoms with Crippen LogP contribution >= 0.6 is 0 Å². The third-order valence-corrected chi connectivity index (χ3v) is 6.29. The van der Waals surface area contributed by atoms with E-state index in [9.17, 15) is 18.0 Å². The van der Waals surface area contributed by atoms with Gasteiger partial charge < -0.3 is 20.6 Å². The molecule has 3 N–H and O–H groups in total. The third kappa shape index (κ3) is 5.31. The second kappa shape index (κ2) is 10.4. The molecule has 0 unspecified atom stereocenters. The first-order valence-corrected chi connectivity index (χ1v) is 11.6. The van der Waals surface area contributed by atoms with Gasteiger partial charge in [-0.2, -0.15) is 0 Å². The fourth-order valence-corrected chi connectivity index (χ4v) is 4.59. The number of fused-ring (bicyclic) bond motifs is 1. The Morgan fingerprint density at radius 3 is 2.47 bits per heavy atom. The first kappa shape index (κ1) is 23.4. The lowest BCUT2D eigenvalue weighted by Gasteiger charge is -2.40. The van der Waals surface area contributed by atoms with Gasteiger partial charge in [0, 0.05) is 30.4 Å². The predicted molar refractivity (Wildman–Crippen MR) is 125 cm³/mol. The molecule has 0 aromatic heterocycles. The largest absolute Gasteiger partial charge is 0.465 e. The van der Waals surface area contributed by atoms with E-state index in [-0.39, 0.29) is 31.1 Å². The SMILES string of the molecule is CCC(=O)N1c2ccccc2[C@H](Nc2ccc(N(CCNC(=O)O)[SH](=O)=O)cc2)C[C@@H]1C. The first-order valence-electron chi connectivity index (χ1n) is 10.5. The molecule has 0 aliphatic carbocycles. The van der Waals surface area contributed by atoms with E-state index in [2.05, 4.69) is 10.6 Å². The van der Waals surface area contributed by atoms with Gasteiger partial charge in [0.25, 0.3) is 0 Å². The Morgan fingerprint density at radius 2 is 1.84 bits per heavy atom. The zero-order valence-corrected chi connectivity index (χ0v) is 18.9. The highest BCUT2D eigenvalue weighted by molar-refractivity contribution is 7.74. The monoisotopic (exact) mass is 460 g/mol. The van der Waals surface area contributed by atoms with Gasteiger partial charge in [0.15, 0.2) is 0 Å². The summed E-state index contributed by atoms with van der Waals surface area (Å²) in [7, 11) is -2.91. The van der Waals surface area contributed by atoms with Gasteiger partial charge in [0.2, 0.25) is 16.8 Å². The Hall–Kier alpha value is -3.27. The van der Waals surface area contributed by atoms with Crippen LogP contribution in [0.5, 0.6) is 0 Å². The Morgan fingerprint density at radius 1 is 1.16 bits per heavy atom. The Kier molecular flexibility index (Phi) is 7.57. The van der Waals surface area contributed by atoms with Crippen LogP contribution < -0.4 is 19.8 Å². The Balaban J connectivity index is 1.77. The van der Waals surface area contributed by atoms with Crippen LogP contribution in [0.1, 0.15) is 38.3 Å². The summed E-state index contributed by atoms with van der Waals surface area (Å²) >= 11 is 0. The van der Waals surface area contributed by atoms with Gasteiger partial charge in [-0.05, 0) is 49.2 Å². The molecule has 2 aromatic carbocycles. The van der Waals surface area contributed by atoms with Crippen molar-refractivity contribution in [3.63, 3.8) is 0 Å². The highest BCUT2D eigenvalue weighted by atomic mass is 32.2. The van der Waals surface area contributed by atoms with Gasteiger partial charge in [-0.15, -0.1) is 0 Å². The van der Waals surface area contributed by atoms with E-state index in [0.717, 1.165) is 27.7 Å². The van der Waals surface area contributed by atoms with E-state index < -0.39 is 17.0 Å². The van der Waals surface area contributed by atoms with Crippen molar-refractivity contribution in [1.82, 2.24) is 5.32 Å². The smallest absolute Gasteiger partial charge is 0.404 e. The maximum Gasteiger partial charge on any atom is 0.404 e. The van der Waals surface area contributed by atoms with Crippen molar-refractivity contribution < 1.29 is 23.1 Å². The number of hydrogen-bond acceptors (Lipinski definition) is 5. The molecule has 0 bridgehead atoms. The molecular formula is C22H28N4O5S. The van der Waals surface area contributed by atoms with Crippen LogP contribution in [0.3, 0.4) is 0 Å². The second-order valence-corrected chi connectivity index (χ2v) is 8.56. The summed E-state index contributed by atoms with van der Waals surface area (Å²) in [5.41, 5.74) is 3.23. The van der Waals surface area contributed by atoms with Crippen LogP contribution in [0.4, 0.5) is 21.9 Å². The lowest BCUT2D eigenvalue weighted by atomic mass is 9.91. The van der Waals surface area contributed by atoms with Gasteiger partial charge in [-0.1, -0.05) is 25.1 Å². The maximum atomic E-state index is 12.5. The first-order chi connectivity index (χ1) is 15.3. The number of hydrogen-bond donors (Lipinski definition) is 4. The number of amides is 2. The van der Waals surface area contributed by atoms with Crippen molar-refractivity contribution >= 4 is 40.0 Å². The predicted octanol–water partition coefficient (Wildman–Crippen LogP) is 2.98. The average Bonchev–Trinajstić information content (AvgIpc) is 2.77. The number of para-hydroxylation sites is 1. The van der Waals surface area contributed by atoms with Crippen LogP contribution in [-0.2, 0) is 15.7 Å². The van der Waals surface area contributed by atoms with Crippen molar-refractivity contribution in [1.29, 1.82) is 0 Å². The molecule has 1 heterocycles. The van der Waals surface area contributed by atoms with E-state index in [4.69, 9.17) is 5.11 Å². The maximum absolute atomic E-state index is 12.5.